The first-order chi connectivity index (χ1) is 9.97. The van der Waals surface area contributed by atoms with E-state index in [-0.39, 0.29) is 21.9 Å². The van der Waals surface area contributed by atoms with E-state index in [9.17, 15) is 18.3 Å². The molecule has 0 aliphatic carbocycles. The molecule has 2 N–H and O–H groups in total. The second-order valence-electron chi connectivity index (χ2n) is 4.58. The van der Waals surface area contributed by atoms with Crippen LogP contribution in [0.25, 0.3) is 6.08 Å². The molecule has 106 valence electrons. The number of rotatable bonds is 1. The van der Waals surface area contributed by atoms with Crippen molar-refractivity contribution < 1.29 is 18.3 Å². The Morgan fingerprint density at radius 1 is 1.05 bits per heavy atom. The molecule has 1 aliphatic heterocycles. The lowest BCUT2D eigenvalue weighted by molar-refractivity contribution is 0.102. The Morgan fingerprint density at radius 3 is 2.57 bits per heavy atom. The van der Waals surface area contributed by atoms with Crippen LogP contribution in [0.15, 0.2) is 59.1 Å². The molecule has 0 saturated carbocycles. The van der Waals surface area contributed by atoms with Crippen molar-refractivity contribution in [2.45, 2.75) is 4.90 Å². The van der Waals surface area contributed by atoms with E-state index in [0.717, 1.165) is 0 Å². The maximum atomic E-state index is 12.3. The summed E-state index contributed by atoms with van der Waals surface area (Å²) >= 11 is 0. The average molecular weight is 301 g/mol. The van der Waals surface area contributed by atoms with Gasteiger partial charge in [-0.05, 0) is 35.9 Å². The number of phenols is 1. The van der Waals surface area contributed by atoms with Gasteiger partial charge in [-0.15, -0.1) is 0 Å². The van der Waals surface area contributed by atoms with E-state index in [1.807, 2.05) is 0 Å². The fourth-order valence-corrected chi connectivity index (χ4v) is 3.42. The molecule has 2 aromatic rings. The van der Waals surface area contributed by atoms with E-state index < -0.39 is 15.8 Å². The minimum absolute atomic E-state index is 0.0249. The van der Waals surface area contributed by atoms with Crippen molar-refractivity contribution in [3.8, 4) is 5.75 Å². The lowest BCUT2D eigenvalue weighted by Gasteiger charge is -2.19. The third kappa shape index (κ3) is 2.41. The molecule has 0 unspecified atom stereocenters. The molecular weight excluding hydrogens is 290 g/mol. The van der Waals surface area contributed by atoms with Gasteiger partial charge in [0, 0.05) is 5.56 Å². The summed E-state index contributed by atoms with van der Waals surface area (Å²) in [4.78, 5) is 12.3. The zero-order chi connectivity index (χ0) is 15.0. The SMILES string of the molecule is O=C1/C(=C/c2cccc(O)c2)NS(=O)(=O)c2ccccc21. The Labute approximate surface area is 121 Å². The fourth-order valence-electron chi connectivity index (χ4n) is 2.16. The van der Waals surface area contributed by atoms with Gasteiger partial charge in [-0.3, -0.25) is 9.52 Å². The number of allylic oxidation sites excluding steroid dienone is 1. The van der Waals surface area contributed by atoms with Crippen molar-refractivity contribution in [1.29, 1.82) is 0 Å². The summed E-state index contributed by atoms with van der Waals surface area (Å²) in [6.07, 6.45) is 1.40. The van der Waals surface area contributed by atoms with Gasteiger partial charge in [0.2, 0.25) is 5.78 Å². The number of hydrogen-bond donors (Lipinski definition) is 2. The van der Waals surface area contributed by atoms with E-state index in [4.69, 9.17) is 0 Å². The van der Waals surface area contributed by atoms with E-state index >= 15 is 0 Å². The molecule has 5 nitrogen and oxygen atoms in total. The van der Waals surface area contributed by atoms with Crippen LogP contribution in [-0.4, -0.2) is 19.3 Å². The molecule has 0 saturated heterocycles. The molecule has 0 amide bonds. The van der Waals surface area contributed by atoms with Crippen LogP contribution in [0.2, 0.25) is 0 Å². The molecule has 6 heteroatoms. The molecule has 21 heavy (non-hydrogen) atoms. The maximum Gasteiger partial charge on any atom is 0.262 e. The van der Waals surface area contributed by atoms with Crippen LogP contribution in [0.1, 0.15) is 15.9 Å². The average Bonchev–Trinajstić information content (AvgIpc) is 2.44. The van der Waals surface area contributed by atoms with E-state index in [2.05, 4.69) is 4.72 Å². The van der Waals surface area contributed by atoms with Gasteiger partial charge in [-0.2, -0.15) is 0 Å². The Balaban J connectivity index is 2.13. The number of hydrogen-bond acceptors (Lipinski definition) is 4. The number of benzene rings is 2. The maximum absolute atomic E-state index is 12.3. The van der Waals surface area contributed by atoms with Crippen LogP contribution in [0.3, 0.4) is 0 Å². The molecule has 0 atom stereocenters. The van der Waals surface area contributed by atoms with E-state index in [1.165, 1.54) is 30.3 Å². The first-order valence-corrected chi connectivity index (χ1v) is 7.63. The topological polar surface area (TPSA) is 83.5 Å². The Morgan fingerprint density at radius 2 is 1.81 bits per heavy atom. The predicted octanol–water partition coefficient (Wildman–Crippen LogP) is 1.91. The normalized spacial score (nSPS) is 18.1. The highest BCUT2D eigenvalue weighted by atomic mass is 32.2. The van der Waals surface area contributed by atoms with E-state index in [1.54, 1.807) is 24.3 Å². The van der Waals surface area contributed by atoms with Gasteiger partial charge in [-0.1, -0.05) is 24.3 Å². The smallest absolute Gasteiger partial charge is 0.262 e. The highest BCUT2D eigenvalue weighted by Gasteiger charge is 2.31. The molecule has 1 aliphatic rings. The van der Waals surface area contributed by atoms with Crippen molar-refractivity contribution in [2.75, 3.05) is 0 Å². The molecule has 0 fully saturated rings. The lowest BCUT2D eigenvalue weighted by Crippen LogP contribution is -2.34. The highest BCUT2D eigenvalue weighted by Crippen LogP contribution is 2.25. The number of carbonyl (C=O) groups excluding carboxylic acids is 1. The van der Waals surface area contributed by atoms with Gasteiger partial charge in [0.25, 0.3) is 10.0 Å². The third-order valence-electron chi connectivity index (χ3n) is 3.09. The Bertz CT molecular complexity index is 869. The summed E-state index contributed by atoms with van der Waals surface area (Å²) in [6.45, 7) is 0. The molecule has 0 bridgehead atoms. The molecule has 0 aromatic heterocycles. The van der Waals surface area contributed by atoms with Crippen molar-refractivity contribution >= 4 is 21.9 Å². The minimum atomic E-state index is -3.76. The second kappa shape index (κ2) is 4.75. The monoisotopic (exact) mass is 301 g/mol. The Kier molecular flexibility index (Phi) is 3.03. The summed E-state index contributed by atoms with van der Waals surface area (Å²) in [5.74, 6) is -0.361. The van der Waals surface area contributed by atoms with Crippen molar-refractivity contribution in [3.63, 3.8) is 0 Å². The molecule has 0 radical (unpaired) electrons. The van der Waals surface area contributed by atoms with Crippen molar-refractivity contribution in [2.24, 2.45) is 0 Å². The Hall–Kier alpha value is -2.60. The van der Waals surface area contributed by atoms with Crippen LogP contribution >= 0.6 is 0 Å². The summed E-state index contributed by atoms with van der Waals surface area (Å²) in [7, 11) is -3.76. The van der Waals surface area contributed by atoms with Gasteiger partial charge in [0.15, 0.2) is 0 Å². The number of aromatic hydroxyl groups is 1. The number of Topliss-reactive ketones (excluding diaryl/α,β-unsaturated/α-hetero) is 1. The summed E-state index contributed by atoms with van der Waals surface area (Å²) in [5.41, 5.74) is 0.627. The molecule has 1 heterocycles. The van der Waals surface area contributed by atoms with Gasteiger partial charge >= 0.3 is 0 Å². The lowest BCUT2D eigenvalue weighted by atomic mass is 10.1. The van der Waals surface area contributed by atoms with Crippen LogP contribution in [0.5, 0.6) is 5.75 Å². The van der Waals surface area contributed by atoms with Crippen LogP contribution in [0, 0.1) is 0 Å². The van der Waals surface area contributed by atoms with Crippen LogP contribution < -0.4 is 4.72 Å². The van der Waals surface area contributed by atoms with Gasteiger partial charge < -0.3 is 5.11 Å². The number of phenolic OH excluding ortho intramolecular Hbond substituents is 1. The zero-order valence-corrected chi connectivity index (χ0v) is 11.6. The summed E-state index contributed by atoms with van der Waals surface area (Å²) in [5, 5.41) is 9.42. The highest BCUT2D eigenvalue weighted by molar-refractivity contribution is 7.90. The number of nitrogens with one attached hydrogen (secondary N) is 1. The number of sulfonamides is 1. The minimum Gasteiger partial charge on any atom is -0.508 e. The largest absolute Gasteiger partial charge is 0.508 e. The third-order valence-corrected chi connectivity index (χ3v) is 4.52. The fraction of sp³-hybridized carbons (Fsp3) is 0. The van der Waals surface area contributed by atoms with Gasteiger partial charge in [0.1, 0.15) is 5.75 Å². The molecule has 0 spiro atoms. The predicted molar refractivity (Wildman–Crippen MR) is 77.2 cm³/mol. The number of fused-ring (bicyclic) bond motifs is 1. The quantitative estimate of drug-likeness (QED) is 0.788. The number of ketones is 1. The summed E-state index contributed by atoms with van der Waals surface area (Å²) < 4.78 is 26.5. The molecule has 2 aromatic carbocycles. The van der Waals surface area contributed by atoms with Gasteiger partial charge in [-0.25, -0.2) is 8.42 Å². The van der Waals surface area contributed by atoms with Crippen LogP contribution in [0.4, 0.5) is 0 Å². The zero-order valence-electron chi connectivity index (χ0n) is 10.8. The molecular formula is C15H11NO4S. The first-order valence-electron chi connectivity index (χ1n) is 6.15. The van der Waals surface area contributed by atoms with Crippen molar-refractivity contribution in [3.05, 3.63) is 65.4 Å². The first kappa shape index (κ1) is 13.4. The van der Waals surface area contributed by atoms with Crippen molar-refractivity contribution in [1.82, 2.24) is 4.72 Å². The van der Waals surface area contributed by atoms with E-state index in [0.29, 0.717) is 5.56 Å². The standard InChI is InChI=1S/C15H11NO4S/c17-11-5-3-4-10(8-11)9-13-15(18)12-6-1-2-7-14(12)21(19,20)16-13/h1-9,16-17H/b13-9-. The molecule has 3 rings (SSSR count). The number of carbonyl (C=O) groups is 1. The van der Waals surface area contributed by atoms with Crippen LogP contribution in [-0.2, 0) is 10.0 Å². The van der Waals surface area contributed by atoms with Gasteiger partial charge in [0.05, 0.1) is 10.6 Å². The second-order valence-corrected chi connectivity index (χ2v) is 6.23. The summed E-state index contributed by atoms with van der Waals surface area (Å²) in [6, 6.07) is 12.2.